The molecule has 1 aromatic rings. The molecule has 0 unspecified atom stereocenters. The van der Waals surface area contributed by atoms with Gasteiger partial charge in [0.05, 0.1) is 0 Å². The van der Waals surface area contributed by atoms with Crippen LogP contribution in [-0.2, 0) is 13.0 Å². The summed E-state index contributed by atoms with van der Waals surface area (Å²) in [5, 5.41) is 15.1. The summed E-state index contributed by atoms with van der Waals surface area (Å²) in [6.45, 7) is 6.23. The molecule has 2 fully saturated rings. The van der Waals surface area contributed by atoms with Gasteiger partial charge in [-0.05, 0) is 25.7 Å². The minimum atomic E-state index is 0.532. The van der Waals surface area contributed by atoms with Crippen molar-refractivity contribution in [1.29, 1.82) is 0 Å². The summed E-state index contributed by atoms with van der Waals surface area (Å²) in [4.78, 5) is 7.09. The van der Waals surface area contributed by atoms with Crippen LogP contribution < -0.4 is 10.6 Å². The Balaban J connectivity index is 1.38. The topological polar surface area (TPSA) is 70.4 Å². The number of nitrogens with zero attached hydrogens (tertiary/aromatic N) is 5. The van der Waals surface area contributed by atoms with Gasteiger partial charge in [0, 0.05) is 51.7 Å². The van der Waals surface area contributed by atoms with Crippen molar-refractivity contribution in [2.75, 3.05) is 26.7 Å². The first kappa shape index (κ1) is 18.2. The van der Waals surface area contributed by atoms with Gasteiger partial charge >= 0.3 is 0 Å². The van der Waals surface area contributed by atoms with Crippen molar-refractivity contribution < 1.29 is 0 Å². The van der Waals surface area contributed by atoms with Gasteiger partial charge in [-0.25, -0.2) is 0 Å². The van der Waals surface area contributed by atoms with E-state index in [4.69, 9.17) is 0 Å². The zero-order valence-corrected chi connectivity index (χ0v) is 15.7. The third kappa shape index (κ3) is 4.93. The number of rotatable bonds is 6. The maximum absolute atomic E-state index is 4.38. The van der Waals surface area contributed by atoms with Gasteiger partial charge in [-0.3, -0.25) is 4.99 Å². The van der Waals surface area contributed by atoms with E-state index in [2.05, 4.69) is 42.2 Å². The molecular weight excluding hydrogens is 314 g/mol. The molecule has 0 spiro atoms. The van der Waals surface area contributed by atoms with E-state index in [0.29, 0.717) is 6.04 Å². The van der Waals surface area contributed by atoms with Crippen LogP contribution >= 0.6 is 0 Å². The highest BCUT2D eigenvalue weighted by atomic mass is 15.3. The number of piperidine rings is 1. The highest BCUT2D eigenvalue weighted by Gasteiger charge is 2.27. The van der Waals surface area contributed by atoms with Gasteiger partial charge in [0.2, 0.25) is 0 Å². The van der Waals surface area contributed by atoms with Crippen molar-refractivity contribution >= 4 is 5.96 Å². The fourth-order valence-corrected chi connectivity index (χ4v) is 4.10. The highest BCUT2D eigenvalue weighted by molar-refractivity contribution is 5.79. The largest absolute Gasteiger partial charge is 0.355 e. The van der Waals surface area contributed by atoms with E-state index in [1.807, 2.05) is 7.05 Å². The fraction of sp³-hybridized carbons (Fsp3) is 0.833. The van der Waals surface area contributed by atoms with E-state index in [-0.39, 0.29) is 0 Å². The lowest BCUT2D eigenvalue weighted by atomic mass is 10.0. The maximum atomic E-state index is 4.38. The molecule has 0 aromatic carbocycles. The van der Waals surface area contributed by atoms with Crippen molar-refractivity contribution in [3.63, 3.8) is 0 Å². The van der Waals surface area contributed by atoms with E-state index < -0.39 is 0 Å². The number of aryl methyl sites for hydroxylation is 1. The molecule has 0 radical (unpaired) electrons. The Morgan fingerprint density at radius 2 is 2.00 bits per heavy atom. The molecule has 25 heavy (non-hydrogen) atoms. The molecule has 1 saturated carbocycles. The van der Waals surface area contributed by atoms with Crippen LogP contribution in [0.5, 0.6) is 0 Å². The normalized spacial score (nSPS) is 21.0. The van der Waals surface area contributed by atoms with Crippen LogP contribution in [-0.4, -0.2) is 64.4 Å². The molecule has 1 saturated heterocycles. The van der Waals surface area contributed by atoms with Crippen LogP contribution in [0.4, 0.5) is 0 Å². The Bertz CT molecular complexity index is 539. The molecule has 3 rings (SSSR count). The second-order valence-electron chi connectivity index (χ2n) is 7.19. The minimum Gasteiger partial charge on any atom is -0.355 e. The minimum absolute atomic E-state index is 0.532. The van der Waals surface area contributed by atoms with E-state index >= 15 is 0 Å². The SMILES string of the molecule is CCc1nncn1CCNC(=NC)NC1CCN(C2CCCC2)CC1. The van der Waals surface area contributed by atoms with Crippen molar-refractivity contribution in [3.05, 3.63) is 12.2 Å². The fourth-order valence-electron chi connectivity index (χ4n) is 4.10. The van der Waals surface area contributed by atoms with Crippen LogP contribution in [0.3, 0.4) is 0 Å². The van der Waals surface area contributed by atoms with E-state index in [0.717, 1.165) is 37.3 Å². The Hall–Kier alpha value is -1.63. The molecular formula is C18H33N7. The predicted octanol–water partition coefficient (Wildman–Crippen LogP) is 1.41. The standard InChI is InChI=1S/C18H33N7/c1-3-17-23-21-14-25(17)13-10-20-18(19-2)22-15-8-11-24(12-9-15)16-6-4-5-7-16/h14-16H,3-13H2,1-2H3,(H2,19,20,22). The maximum Gasteiger partial charge on any atom is 0.191 e. The number of aromatic nitrogens is 3. The second-order valence-corrected chi connectivity index (χ2v) is 7.19. The summed E-state index contributed by atoms with van der Waals surface area (Å²) in [5.74, 6) is 1.94. The van der Waals surface area contributed by atoms with Gasteiger partial charge in [0.1, 0.15) is 12.2 Å². The van der Waals surface area contributed by atoms with Gasteiger partial charge in [-0.1, -0.05) is 19.8 Å². The molecule has 1 aliphatic carbocycles. The van der Waals surface area contributed by atoms with Crippen molar-refractivity contribution in [2.45, 2.75) is 70.5 Å². The van der Waals surface area contributed by atoms with Gasteiger partial charge in [-0.15, -0.1) is 10.2 Å². The molecule has 0 amide bonds. The molecule has 0 atom stereocenters. The van der Waals surface area contributed by atoms with E-state index in [1.165, 1.54) is 51.6 Å². The van der Waals surface area contributed by atoms with Crippen LogP contribution in [0.1, 0.15) is 51.3 Å². The zero-order valence-electron chi connectivity index (χ0n) is 15.7. The molecule has 2 aliphatic rings. The summed E-state index contributed by atoms with van der Waals surface area (Å²) in [7, 11) is 1.85. The van der Waals surface area contributed by atoms with Crippen molar-refractivity contribution in [1.82, 2.24) is 30.3 Å². The lowest BCUT2D eigenvalue weighted by Gasteiger charge is -2.36. The Morgan fingerprint density at radius 1 is 1.24 bits per heavy atom. The van der Waals surface area contributed by atoms with Crippen molar-refractivity contribution in [2.24, 2.45) is 4.99 Å². The number of hydrogen-bond acceptors (Lipinski definition) is 4. The quantitative estimate of drug-likeness (QED) is 0.601. The Labute approximate surface area is 151 Å². The number of nitrogens with one attached hydrogen (secondary N) is 2. The van der Waals surface area contributed by atoms with Gasteiger partial charge in [0.15, 0.2) is 5.96 Å². The summed E-state index contributed by atoms with van der Waals surface area (Å²) in [6.07, 6.45) is 10.8. The Kier molecular flexibility index (Phi) is 6.67. The highest BCUT2D eigenvalue weighted by Crippen LogP contribution is 2.26. The number of likely N-dealkylation sites (tertiary alicyclic amines) is 1. The van der Waals surface area contributed by atoms with Gasteiger partial charge < -0.3 is 20.1 Å². The first-order valence-corrected chi connectivity index (χ1v) is 9.88. The molecule has 7 heteroatoms. The third-order valence-corrected chi connectivity index (χ3v) is 5.59. The van der Waals surface area contributed by atoms with E-state index in [1.54, 1.807) is 6.33 Å². The summed E-state index contributed by atoms with van der Waals surface area (Å²) < 4.78 is 2.10. The smallest absolute Gasteiger partial charge is 0.191 e. The first-order valence-electron chi connectivity index (χ1n) is 9.88. The zero-order chi connectivity index (χ0) is 17.5. The average molecular weight is 348 g/mol. The van der Waals surface area contributed by atoms with Gasteiger partial charge in [-0.2, -0.15) is 0 Å². The lowest BCUT2D eigenvalue weighted by Crippen LogP contribution is -2.50. The monoisotopic (exact) mass is 347 g/mol. The lowest BCUT2D eigenvalue weighted by molar-refractivity contribution is 0.150. The van der Waals surface area contributed by atoms with Gasteiger partial charge in [0.25, 0.3) is 0 Å². The average Bonchev–Trinajstić information content (AvgIpc) is 3.33. The summed E-state index contributed by atoms with van der Waals surface area (Å²) in [5.41, 5.74) is 0. The van der Waals surface area contributed by atoms with Crippen molar-refractivity contribution in [3.8, 4) is 0 Å². The first-order chi connectivity index (χ1) is 12.3. The predicted molar refractivity (Wildman–Crippen MR) is 101 cm³/mol. The molecule has 1 aromatic heterocycles. The molecule has 1 aliphatic heterocycles. The molecule has 0 bridgehead atoms. The third-order valence-electron chi connectivity index (χ3n) is 5.59. The summed E-state index contributed by atoms with van der Waals surface area (Å²) in [6, 6.07) is 1.39. The molecule has 2 N–H and O–H groups in total. The molecule has 7 nitrogen and oxygen atoms in total. The number of guanidine groups is 1. The molecule has 2 heterocycles. The second kappa shape index (κ2) is 9.17. The number of hydrogen-bond donors (Lipinski definition) is 2. The van der Waals surface area contributed by atoms with Crippen LogP contribution in [0.2, 0.25) is 0 Å². The van der Waals surface area contributed by atoms with E-state index in [9.17, 15) is 0 Å². The summed E-state index contributed by atoms with van der Waals surface area (Å²) >= 11 is 0. The Morgan fingerprint density at radius 3 is 2.68 bits per heavy atom. The van der Waals surface area contributed by atoms with Crippen LogP contribution in [0, 0.1) is 0 Å². The number of aliphatic imine (C=N–C) groups is 1. The van der Waals surface area contributed by atoms with Crippen LogP contribution in [0.15, 0.2) is 11.3 Å². The molecule has 140 valence electrons. The van der Waals surface area contributed by atoms with Crippen LogP contribution in [0.25, 0.3) is 0 Å².